The van der Waals surface area contributed by atoms with Crippen molar-refractivity contribution in [3.63, 3.8) is 0 Å². The molecule has 0 aromatic carbocycles. The molecular formula is C10H12N2O2. The molecule has 0 amide bonds. The average molecular weight is 192 g/mol. The van der Waals surface area contributed by atoms with E-state index in [-0.39, 0.29) is 5.56 Å². The summed E-state index contributed by atoms with van der Waals surface area (Å²) in [6.07, 6.45) is 2.45. The predicted octanol–water partition coefficient (Wildman–Crippen LogP) is 0.502. The SMILES string of the molecule is C=CCn1nc2c(cc1=O)COCC2. The number of nitrogens with zero attached hydrogens (tertiary/aromatic N) is 2. The maximum Gasteiger partial charge on any atom is 0.267 e. The minimum absolute atomic E-state index is 0.0887. The second kappa shape index (κ2) is 3.75. The lowest BCUT2D eigenvalue weighted by Gasteiger charge is -2.15. The summed E-state index contributed by atoms with van der Waals surface area (Å²) in [6, 6.07) is 1.60. The molecule has 0 spiro atoms. The summed E-state index contributed by atoms with van der Waals surface area (Å²) in [5.41, 5.74) is 1.80. The van der Waals surface area contributed by atoms with Gasteiger partial charge in [-0.15, -0.1) is 6.58 Å². The van der Waals surface area contributed by atoms with Crippen molar-refractivity contribution in [3.8, 4) is 0 Å². The molecule has 1 aliphatic heterocycles. The molecule has 1 aromatic rings. The molecular weight excluding hydrogens is 180 g/mol. The molecule has 1 aliphatic rings. The summed E-state index contributed by atoms with van der Waals surface area (Å²) in [5.74, 6) is 0. The highest BCUT2D eigenvalue weighted by Gasteiger charge is 2.12. The van der Waals surface area contributed by atoms with Gasteiger partial charge in [0.15, 0.2) is 0 Å². The minimum Gasteiger partial charge on any atom is -0.376 e. The molecule has 14 heavy (non-hydrogen) atoms. The van der Waals surface area contributed by atoms with Crippen LogP contribution in [0.15, 0.2) is 23.5 Å². The van der Waals surface area contributed by atoms with Crippen LogP contribution < -0.4 is 5.56 Å². The van der Waals surface area contributed by atoms with Gasteiger partial charge in [-0.1, -0.05) is 6.08 Å². The van der Waals surface area contributed by atoms with Crippen molar-refractivity contribution in [2.75, 3.05) is 6.61 Å². The van der Waals surface area contributed by atoms with Crippen molar-refractivity contribution in [2.24, 2.45) is 0 Å². The summed E-state index contributed by atoms with van der Waals surface area (Å²) < 4.78 is 6.67. The van der Waals surface area contributed by atoms with E-state index in [0.717, 1.165) is 17.7 Å². The second-order valence-corrected chi connectivity index (χ2v) is 3.23. The van der Waals surface area contributed by atoms with Gasteiger partial charge in [0, 0.05) is 18.1 Å². The van der Waals surface area contributed by atoms with Crippen LogP contribution in [0, 0.1) is 0 Å². The highest BCUT2D eigenvalue weighted by atomic mass is 16.5. The zero-order valence-corrected chi connectivity index (χ0v) is 7.90. The normalized spacial score (nSPS) is 14.9. The lowest BCUT2D eigenvalue weighted by atomic mass is 10.1. The molecule has 0 N–H and O–H groups in total. The van der Waals surface area contributed by atoms with Gasteiger partial charge in [-0.05, 0) is 0 Å². The Morgan fingerprint density at radius 1 is 1.71 bits per heavy atom. The van der Waals surface area contributed by atoms with E-state index in [1.807, 2.05) is 0 Å². The van der Waals surface area contributed by atoms with Crippen molar-refractivity contribution in [3.05, 3.63) is 40.3 Å². The van der Waals surface area contributed by atoms with Crippen molar-refractivity contribution in [1.82, 2.24) is 9.78 Å². The van der Waals surface area contributed by atoms with E-state index in [4.69, 9.17) is 4.74 Å². The van der Waals surface area contributed by atoms with Gasteiger partial charge < -0.3 is 4.74 Å². The summed E-state index contributed by atoms with van der Waals surface area (Å²) in [7, 11) is 0. The third-order valence-corrected chi connectivity index (χ3v) is 2.21. The molecule has 0 bridgehead atoms. The predicted molar refractivity (Wildman–Crippen MR) is 52.1 cm³/mol. The number of rotatable bonds is 2. The Balaban J connectivity index is 2.45. The highest BCUT2D eigenvalue weighted by Crippen LogP contribution is 2.11. The fraction of sp³-hybridized carbons (Fsp3) is 0.400. The fourth-order valence-corrected chi connectivity index (χ4v) is 1.51. The summed E-state index contributed by atoms with van der Waals surface area (Å²) >= 11 is 0. The summed E-state index contributed by atoms with van der Waals surface area (Å²) in [5, 5.41) is 4.26. The third-order valence-electron chi connectivity index (χ3n) is 2.21. The number of hydrogen-bond donors (Lipinski definition) is 0. The molecule has 1 aromatic heterocycles. The van der Waals surface area contributed by atoms with E-state index in [1.54, 1.807) is 12.1 Å². The van der Waals surface area contributed by atoms with Crippen molar-refractivity contribution < 1.29 is 4.74 Å². The Kier molecular flexibility index (Phi) is 2.45. The van der Waals surface area contributed by atoms with Gasteiger partial charge in [-0.3, -0.25) is 4.79 Å². The van der Waals surface area contributed by atoms with Crippen LogP contribution in [0.3, 0.4) is 0 Å². The number of aromatic nitrogens is 2. The molecule has 4 heteroatoms. The molecule has 0 saturated heterocycles. The first-order valence-electron chi connectivity index (χ1n) is 4.60. The lowest BCUT2D eigenvalue weighted by molar-refractivity contribution is 0.108. The number of fused-ring (bicyclic) bond motifs is 1. The van der Waals surface area contributed by atoms with E-state index in [1.165, 1.54) is 4.68 Å². The topological polar surface area (TPSA) is 44.1 Å². The van der Waals surface area contributed by atoms with Crippen molar-refractivity contribution in [2.45, 2.75) is 19.6 Å². The van der Waals surface area contributed by atoms with Gasteiger partial charge in [0.2, 0.25) is 0 Å². The first-order chi connectivity index (χ1) is 6.81. The van der Waals surface area contributed by atoms with Crippen molar-refractivity contribution in [1.29, 1.82) is 0 Å². The maximum absolute atomic E-state index is 11.5. The van der Waals surface area contributed by atoms with Gasteiger partial charge in [-0.2, -0.15) is 5.10 Å². The highest BCUT2D eigenvalue weighted by molar-refractivity contribution is 5.18. The first-order valence-corrected chi connectivity index (χ1v) is 4.60. The molecule has 2 rings (SSSR count). The maximum atomic E-state index is 11.5. The summed E-state index contributed by atoms with van der Waals surface area (Å²) in [6.45, 7) is 5.24. The first kappa shape index (κ1) is 9.15. The van der Waals surface area contributed by atoms with E-state index < -0.39 is 0 Å². The van der Waals surface area contributed by atoms with Crippen LogP contribution in [0.4, 0.5) is 0 Å². The smallest absolute Gasteiger partial charge is 0.267 e. The van der Waals surface area contributed by atoms with Gasteiger partial charge in [0.1, 0.15) is 0 Å². The Morgan fingerprint density at radius 3 is 3.36 bits per heavy atom. The van der Waals surface area contributed by atoms with Crippen LogP contribution in [0.1, 0.15) is 11.3 Å². The molecule has 0 saturated carbocycles. The monoisotopic (exact) mass is 192 g/mol. The van der Waals surface area contributed by atoms with Crippen LogP contribution in [-0.4, -0.2) is 16.4 Å². The van der Waals surface area contributed by atoms with Crippen LogP contribution in [-0.2, 0) is 24.3 Å². The van der Waals surface area contributed by atoms with Crippen LogP contribution in [0.25, 0.3) is 0 Å². The molecule has 0 atom stereocenters. The van der Waals surface area contributed by atoms with E-state index in [0.29, 0.717) is 19.8 Å². The van der Waals surface area contributed by atoms with Crippen LogP contribution in [0.2, 0.25) is 0 Å². The molecule has 0 aliphatic carbocycles. The largest absolute Gasteiger partial charge is 0.376 e. The van der Waals surface area contributed by atoms with E-state index in [9.17, 15) is 4.79 Å². The molecule has 0 fully saturated rings. The number of ether oxygens (including phenoxy) is 1. The molecule has 2 heterocycles. The van der Waals surface area contributed by atoms with Gasteiger partial charge in [-0.25, -0.2) is 4.68 Å². The molecule has 4 nitrogen and oxygen atoms in total. The molecule has 0 radical (unpaired) electrons. The zero-order chi connectivity index (χ0) is 9.97. The van der Waals surface area contributed by atoms with Crippen LogP contribution in [0.5, 0.6) is 0 Å². The Labute approximate surface area is 81.8 Å². The van der Waals surface area contributed by atoms with Crippen molar-refractivity contribution >= 4 is 0 Å². The summed E-state index contributed by atoms with van der Waals surface area (Å²) in [4.78, 5) is 11.5. The average Bonchev–Trinajstić information content (AvgIpc) is 2.19. The minimum atomic E-state index is -0.0887. The van der Waals surface area contributed by atoms with Crippen LogP contribution >= 0.6 is 0 Å². The van der Waals surface area contributed by atoms with Gasteiger partial charge in [0.05, 0.1) is 25.5 Å². The Morgan fingerprint density at radius 2 is 2.57 bits per heavy atom. The number of hydrogen-bond acceptors (Lipinski definition) is 3. The standard InChI is InChI=1S/C10H12N2O2/c1-2-4-12-10(13)6-8-7-14-5-3-9(8)11-12/h2,6H,1,3-5,7H2. The van der Waals surface area contributed by atoms with E-state index >= 15 is 0 Å². The zero-order valence-electron chi connectivity index (χ0n) is 7.90. The lowest BCUT2D eigenvalue weighted by Crippen LogP contribution is -2.27. The quantitative estimate of drug-likeness (QED) is 0.641. The molecule has 0 unspecified atom stereocenters. The second-order valence-electron chi connectivity index (χ2n) is 3.23. The molecule has 74 valence electrons. The Bertz CT molecular complexity index is 409. The van der Waals surface area contributed by atoms with Gasteiger partial charge >= 0.3 is 0 Å². The third kappa shape index (κ3) is 1.61. The fourth-order valence-electron chi connectivity index (χ4n) is 1.51. The number of allylic oxidation sites excluding steroid dienone is 1. The van der Waals surface area contributed by atoms with E-state index in [2.05, 4.69) is 11.7 Å². The Hall–Kier alpha value is -1.42. The van der Waals surface area contributed by atoms with Gasteiger partial charge in [0.25, 0.3) is 5.56 Å².